The Morgan fingerprint density at radius 3 is 1.57 bits per heavy atom. The predicted octanol–water partition coefficient (Wildman–Crippen LogP) is 12.0. The minimum Gasteiger partial charge on any atom is -0.478 e. The van der Waals surface area contributed by atoms with Crippen LogP contribution in [0.15, 0.2) is 60.7 Å². The van der Waals surface area contributed by atoms with Gasteiger partial charge in [-0.2, -0.15) is 0 Å². The second kappa shape index (κ2) is 26.1. The third-order valence-corrected chi connectivity index (χ3v) is 13.9. The van der Waals surface area contributed by atoms with Gasteiger partial charge in [0.2, 0.25) is 0 Å². The van der Waals surface area contributed by atoms with Crippen LogP contribution >= 0.6 is 0 Å². The van der Waals surface area contributed by atoms with Crippen molar-refractivity contribution in [3.8, 4) is 23.0 Å². The summed E-state index contributed by atoms with van der Waals surface area (Å²) in [6.45, 7) is 20.6. The lowest BCUT2D eigenvalue weighted by molar-refractivity contribution is 0.0682. The Bertz CT molecular complexity index is 2590. The Morgan fingerprint density at radius 1 is 0.581 bits per heavy atom. The quantitative estimate of drug-likeness (QED) is 0.0362. The molecule has 2 aliphatic heterocycles. The Hall–Kier alpha value is -5.80. The van der Waals surface area contributed by atoms with Crippen LogP contribution in [0.4, 0.5) is 0 Å². The Kier molecular flexibility index (Phi) is 20.8. The fourth-order valence-corrected chi connectivity index (χ4v) is 10.3. The number of benzene rings is 4. The first kappa shape index (κ1) is 59.1. The van der Waals surface area contributed by atoms with E-state index in [1.165, 1.54) is 6.07 Å². The van der Waals surface area contributed by atoms with Crippen molar-refractivity contribution in [3.63, 3.8) is 0 Å². The molecule has 0 bridgehead atoms. The van der Waals surface area contributed by atoms with Crippen molar-refractivity contribution in [3.05, 3.63) is 116 Å². The molecule has 0 fully saturated rings. The van der Waals surface area contributed by atoms with E-state index in [2.05, 4.69) is 104 Å². The molecular formula is C60H84N4O10. The molecule has 0 aliphatic carbocycles. The summed E-state index contributed by atoms with van der Waals surface area (Å²) in [5, 5.41) is 46.7. The lowest BCUT2D eigenvalue weighted by Crippen LogP contribution is -2.36. The highest BCUT2D eigenvalue weighted by molar-refractivity contribution is 5.94. The van der Waals surface area contributed by atoms with Gasteiger partial charge in [-0.3, -0.25) is 0 Å². The maximum Gasteiger partial charge on any atom is 0.336 e. The van der Waals surface area contributed by atoms with Gasteiger partial charge in [-0.25, -0.2) is 19.2 Å². The number of hydrogen-bond donors (Lipinski definition) is 6. The van der Waals surface area contributed by atoms with E-state index in [4.69, 9.17) is 9.47 Å². The van der Waals surface area contributed by atoms with Crippen LogP contribution in [0.2, 0.25) is 0 Å². The van der Waals surface area contributed by atoms with Crippen molar-refractivity contribution in [1.82, 2.24) is 20.4 Å². The van der Waals surface area contributed by atoms with Crippen LogP contribution in [0.3, 0.4) is 0 Å². The summed E-state index contributed by atoms with van der Waals surface area (Å²) in [5.74, 6) is -1.21. The molecule has 0 aromatic heterocycles. The summed E-state index contributed by atoms with van der Waals surface area (Å²) in [6, 6.07) is 17.0. The van der Waals surface area contributed by atoms with E-state index in [1.807, 2.05) is 12.1 Å². The zero-order valence-corrected chi connectivity index (χ0v) is 46.1. The third kappa shape index (κ3) is 16.6. The first-order chi connectivity index (χ1) is 34.7. The predicted molar refractivity (Wildman–Crippen MR) is 293 cm³/mol. The topological polar surface area (TPSA) is 198 Å². The summed E-state index contributed by atoms with van der Waals surface area (Å²) < 4.78 is 12.4. The van der Waals surface area contributed by atoms with Gasteiger partial charge < -0.3 is 50.3 Å². The summed E-state index contributed by atoms with van der Waals surface area (Å²) in [4.78, 5) is 52.9. The molecule has 4 aromatic rings. The second-order valence-corrected chi connectivity index (χ2v) is 23.2. The van der Waals surface area contributed by atoms with Gasteiger partial charge in [-0.15, -0.1) is 0 Å². The fourth-order valence-electron chi connectivity index (χ4n) is 10.3. The van der Waals surface area contributed by atoms with Gasteiger partial charge >= 0.3 is 23.9 Å². The van der Waals surface area contributed by atoms with Gasteiger partial charge in [0.15, 0.2) is 0 Å². The van der Waals surface area contributed by atoms with Crippen molar-refractivity contribution in [1.29, 1.82) is 0 Å². The molecule has 4 unspecified atom stereocenters. The lowest BCUT2D eigenvalue weighted by Gasteiger charge is -2.33. The Labute approximate surface area is 439 Å². The van der Waals surface area contributed by atoms with Crippen molar-refractivity contribution in [2.24, 2.45) is 11.8 Å². The highest BCUT2D eigenvalue weighted by atomic mass is 16.5. The number of nitrogens with zero attached hydrogens (tertiary/aromatic N) is 2. The van der Waals surface area contributed by atoms with Crippen LogP contribution in [-0.4, -0.2) is 120 Å². The van der Waals surface area contributed by atoms with Gasteiger partial charge in [0.25, 0.3) is 0 Å². The maximum absolute atomic E-state index is 12.6. The zero-order valence-electron chi connectivity index (χ0n) is 46.1. The number of carbonyl (C=O) groups is 4. The average Bonchev–Trinajstić information content (AvgIpc) is 3.30. The SMILES string of the molecule is CC(C)(C)NCCCc1ccc2c(c1C(=O)O)C(CCCNC(C)(C)C)c1cc(C(=O)O)ccc1O2.CC(CCCN(C)C)Cc1c(C(=O)O)ccc2c1C(CC(C)CCCN(C)C)c1cc(C(=O)O)ccc1O2. The summed E-state index contributed by atoms with van der Waals surface area (Å²) in [6.07, 6.45) is 8.47. The van der Waals surface area contributed by atoms with Crippen molar-refractivity contribution in [2.75, 3.05) is 54.4 Å². The molecule has 74 heavy (non-hydrogen) atoms. The van der Waals surface area contributed by atoms with E-state index < -0.39 is 23.9 Å². The monoisotopic (exact) mass is 1020 g/mol. The smallest absolute Gasteiger partial charge is 0.336 e. The number of carboxylic acids is 4. The average molecular weight is 1020 g/mol. The van der Waals surface area contributed by atoms with Gasteiger partial charge in [-0.1, -0.05) is 19.9 Å². The van der Waals surface area contributed by atoms with Crippen LogP contribution < -0.4 is 20.1 Å². The van der Waals surface area contributed by atoms with Crippen LogP contribution in [0.5, 0.6) is 23.0 Å². The molecule has 6 rings (SSSR count). The highest BCUT2D eigenvalue weighted by Gasteiger charge is 2.36. The third-order valence-electron chi connectivity index (χ3n) is 13.9. The molecule has 0 saturated heterocycles. The van der Waals surface area contributed by atoms with E-state index in [-0.39, 0.29) is 39.6 Å². The summed E-state index contributed by atoms with van der Waals surface area (Å²) >= 11 is 0. The maximum atomic E-state index is 12.6. The Morgan fingerprint density at radius 2 is 1.07 bits per heavy atom. The van der Waals surface area contributed by atoms with E-state index >= 15 is 0 Å². The van der Waals surface area contributed by atoms with E-state index in [0.717, 1.165) is 98.9 Å². The first-order valence-electron chi connectivity index (χ1n) is 26.4. The van der Waals surface area contributed by atoms with Gasteiger partial charge in [0, 0.05) is 45.2 Å². The molecule has 0 saturated carbocycles. The molecule has 2 aliphatic rings. The number of carboxylic acid groups (broad SMARTS) is 4. The molecule has 0 amide bonds. The van der Waals surface area contributed by atoms with Crippen molar-refractivity contribution < 1.29 is 49.1 Å². The number of ether oxygens (including phenoxy) is 2. The van der Waals surface area contributed by atoms with Gasteiger partial charge in [0.1, 0.15) is 23.0 Å². The molecular weight excluding hydrogens is 937 g/mol. The first-order valence-corrected chi connectivity index (χ1v) is 26.4. The fraction of sp³-hybridized carbons (Fsp3) is 0.533. The zero-order chi connectivity index (χ0) is 54.7. The van der Waals surface area contributed by atoms with Crippen LogP contribution in [-0.2, 0) is 12.8 Å². The number of aromatic carboxylic acids is 4. The standard InChI is InChI=1S/C31H44N2O5.C29H40N2O5/c1-20(9-7-15-32(3)4)17-25-23(31(36)37)12-14-28-29(25)26(18-21(2)10-8-16-33(5)6)24-19-22(30(34)35)11-13-27(24)38-28;1-28(2,3)30-15-7-9-18-11-14-23-25(24(18)27(34)35)20(10-8-16-31-29(4,5)6)21-17-19(26(32)33)12-13-22(21)36-23/h11-14,19-21,26H,7-10,15-18H2,1-6H3,(H,34,35)(H,36,37);11-14,17,20,30-31H,7-10,15-16H2,1-6H3,(H,32,33)(H,34,35). The molecule has 404 valence electrons. The molecule has 0 radical (unpaired) electrons. The number of nitrogens with one attached hydrogen (secondary N) is 2. The molecule has 14 nitrogen and oxygen atoms in total. The molecule has 0 spiro atoms. The number of aryl methyl sites for hydroxylation is 1. The van der Waals surface area contributed by atoms with Crippen molar-refractivity contribution in [2.45, 2.75) is 143 Å². The van der Waals surface area contributed by atoms with Crippen LogP contribution in [0.25, 0.3) is 0 Å². The number of fused-ring (bicyclic) bond motifs is 4. The normalized spacial score (nSPS) is 15.6. The number of rotatable bonds is 24. The van der Waals surface area contributed by atoms with Gasteiger partial charge in [0.05, 0.1) is 22.3 Å². The highest BCUT2D eigenvalue weighted by Crippen LogP contribution is 2.51. The molecule has 4 atom stereocenters. The minimum atomic E-state index is -1.02. The Balaban J connectivity index is 0.000000274. The van der Waals surface area contributed by atoms with Crippen LogP contribution in [0, 0.1) is 11.8 Å². The van der Waals surface area contributed by atoms with Crippen LogP contribution in [0.1, 0.15) is 193 Å². The summed E-state index contributed by atoms with van der Waals surface area (Å²) in [5.41, 5.74) is 5.67. The minimum absolute atomic E-state index is 0.00291. The van der Waals surface area contributed by atoms with Gasteiger partial charge in [-0.05, 0) is 238 Å². The molecule has 6 N–H and O–H groups in total. The molecule has 4 aromatic carbocycles. The lowest BCUT2D eigenvalue weighted by atomic mass is 9.76. The van der Waals surface area contributed by atoms with E-state index in [9.17, 15) is 39.6 Å². The number of hydrogen-bond acceptors (Lipinski definition) is 10. The summed E-state index contributed by atoms with van der Waals surface area (Å²) in [7, 11) is 8.27. The molecule has 14 heteroatoms. The van der Waals surface area contributed by atoms with E-state index in [1.54, 1.807) is 42.5 Å². The molecule has 2 heterocycles. The second-order valence-electron chi connectivity index (χ2n) is 23.2. The van der Waals surface area contributed by atoms with Crippen molar-refractivity contribution >= 4 is 23.9 Å². The van der Waals surface area contributed by atoms with E-state index in [0.29, 0.717) is 65.2 Å². The largest absolute Gasteiger partial charge is 0.478 e.